The summed E-state index contributed by atoms with van der Waals surface area (Å²) in [5, 5.41) is 13.5. The average molecular weight is 390 g/mol. The molecule has 2 aliphatic heterocycles. The predicted molar refractivity (Wildman–Crippen MR) is 109 cm³/mol. The Labute approximate surface area is 166 Å². The molecule has 0 atom stereocenters. The van der Waals surface area contributed by atoms with E-state index >= 15 is 0 Å². The zero-order valence-corrected chi connectivity index (χ0v) is 16.4. The van der Waals surface area contributed by atoms with Crippen LogP contribution in [-0.4, -0.2) is 40.6 Å². The van der Waals surface area contributed by atoms with Gasteiger partial charge in [0.2, 0.25) is 0 Å². The molecule has 0 saturated carbocycles. The van der Waals surface area contributed by atoms with Crippen LogP contribution in [0.4, 0.5) is 5.69 Å². The van der Waals surface area contributed by atoms with Crippen LogP contribution in [0.1, 0.15) is 53.0 Å². The van der Waals surface area contributed by atoms with Crippen LogP contribution in [-0.2, 0) is 19.5 Å². The van der Waals surface area contributed by atoms with E-state index in [-0.39, 0.29) is 18.3 Å². The van der Waals surface area contributed by atoms with Crippen LogP contribution in [0.2, 0.25) is 0 Å². The van der Waals surface area contributed by atoms with E-state index in [1.54, 1.807) is 0 Å². The van der Waals surface area contributed by atoms with Gasteiger partial charge in [0.1, 0.15) is 0 Å². The Kier molecular flexibility index (Phi) is 6.88. The number of carbonyl (C=O) groups excluding carboxylic acids is 1. The highest BCUT2D eigenvalue weighted by molar-refractivity contribution is 6.04. The number of H-pyrrole nitrogens is 1. The van der Waals surface area contributed by atoms with E-state index in [4.69, 9.17) is 0 Å². The van der Waals surface area contributed by atoms with Gasteiger partial charge >= 0.3 is 0 Å². The number of carbonyl (C=O) groups is 1. The molecule has 0 spiro atoms. The number of benzene rings is 1. The number of nitrogens with one attached hydrogen (secondary N) is 3. The van der Waals surface area contributed by atoms with Gasteiger partial charge in [-0.15, -0.1) is 12.4 Å². The third-order valence-electron chi connectivity index (χ3n) is 5.34. The number of fused-ring (bicyclic) bond motifs is 1. The van der Waals surface area contributed by atoms with Gasteiger partial charge in [-0.25, -0.2) is 0 Å². The smallest absolute Gasteiger partial charge is 0.276 e. The van der Waals surface area contributed by atoms with Crippen LogP contribution in [0.3, 0.4) is 0 Å². The molecule has 146 valence electrons. The van der Waals surface area contributed by atoms with Crippen molar-refractivity contribution in [3.05, 3.63) is 46.8 Å². The molecule has 1 amide bonds. The summed E-state index contributed by atoms with van der Waals surface area (Å²) in [4.78, 5) is 15.1. The fourth-order valence-electron chi connectivity index (χ4n) is 3.85. The van der Waals surface area contributed by atoms with Gasteiger partial charge in [0.15, 0.2) is 5.69 Å². The van der Waals surface area contributed by atoms with Crippen molar-refractivity contribution in [2.45, 2.75) is 45.2 Å². The Hall–Kier alpha value is -1.89. The summed E-state index contributed by atoms with van der Waals surface area (Å²) >= 11 is 0. The van der Waals surface area contributed by atoms with Crippen molar-refractivity contribution in [3.63, 3.8) is 0 Å². The molecule has 2 aromatic rings. The Bertz CT molecular complexity index is 750. The molecule has 27 heavy (non-hydrogen) atoms. The van der Waals surface area contributed by atoms with Gasteiger partial charge in [-0.3, -0.25) is 14.8 Å². The van der Waals surface area contributed by atoms with Gasteiger partial charge in [0.05, 0.1) is 0 Å². The zero-order valence-electron chi connectivity index (χ0n) is 15.6. The minimum absolute atomic E-state index is 0. The maximum absolute atomic E-state index is 12.6. The van der Waals surface area contributed by atoms with Gasteiger partial charge in [-0.1, -0.05) is 25.0 Å². The van der Waals surface area contributed by atoms with Crippen LogP contribution in [0, 0.1) is 0 Å². The molecule has 2 aliphatic rings. The summed E-state index contributed by atoms with van der Waals surface area (Å²) in [5.74, 6) is -0.147. The standard InChI is InChI=1S/C20H27N5O.ClH/c26-20(19-17-13-21-10-9-18(17)23-24-19)22-16-7-5-15(6-8-16)14-25-11-3-1-2-4-12-25;/h5-8,21H,1-4,9-14H2,(H,22,26)(H,23,24);1H. The van der Waals surface area contributed by atoms with Crippen LogP contribution in [0.15, 0.2) is 24.3 Å². The summed E-state index contributed by atoms with van der Waals surface area (Å²) in [6.45, 7) is 5.00. The molecule has 1 saturated heterocycles. The first-order chi connectivity index (χ1) is 12.8. The maximum Gasteiger partial charge on any atom is 0.276 e. The molecule has 3 N–H and O–H groups in total. The van der Waals surface area contributed by atoms with Gasteiger partial charge in [0, 0.05) is 43.0 Å². The third-order valence-corrected chi connectivity index (χ3v) is 5.34. The second kappa shape index (κ2) is 9.35. The van der Waals surface area contributed by atoms with Crippen LogP contribution >= 0.6 is 12.4 Å². The number of rotatable bonds is 4. The molecule has 7 heteroatoms. The molecule has 0 radical (unpaired) electrons. The van der Waals surface area contributed by atoms with Gasteiger partial charge in [0.25, 0.3) is 5.91 Å². The van der Waals surface area contributed by atoms with Gasteiger partial charge in [-0.2, -0.15) is 5.10 Å². The van der Waals surface area contributed by atoms with E-state index in [1.165, 1.54) is 44.3 Å². The molecule has 1 aromatic heterocycles. The number of hydrogen-bond acceptors (Lipinski definition) is 4. The van der Waals surface area contributed by atoms with Crippen molar-refractivity contribution >= 4 is 24.0 Å². The molecular weight excluding hydrogens is 362 g/mol. The number of likely N-dealkylation sites (tertiary alicyclic amines) is 1. The molecule has 0 bridgehead atoms. The minimum Gasteiger partial charge on any atom is -0.321 e. The highest BCUT2D eigenvalue weighted by Gasteiger charge is 2.21. The van der Waals surface area contributed by atoms with Crippen molar-refractivity contribution in [2.24, 2.45) is 0 Å². The second-order valence-corrected chi connectivity index (χ2v) is 7.30. The summed E-state index contributed by atoms with van der Waals surface area (Å²) in [5.41, 5.74) is 4.68. The molecule has 6 nitrogen and oxygen atoms in total. The Morgan fingerprint density at radius 2 is 1.85 bits per heavy atom. The third kappa shape index (κ3) is 4.89. The average Bonchev–Trinajstić information content (AvgIpc) is 2.93. The highest BCUT2D eigenvalue weighted by atomic mass is 35.5. The summed E-state index contributed by atoms with van der Waals surface area (Å²) in [6.07, 6.45) is 6.20. The maximum atomic E-state index is 12.6. The highest BCUT2D eigenvalue weighted by Crippen LogP contribution is 2.18. The number of amides is 1. The van der Waals surface area contributed by atoms with Gasteiger partial charge < -0.3 is 10.6 Å². The molecule has 1 aromatic carbocycles. The fourth-order valence-corrected chi connectivity index (χ4v) is 3.85. The lowest BCUT2D eigenvalue weighted by atomic mass is 10.1. The Morgan fingerprint density at radius 3 is 2.59 bits per heavy atom. The molecule has 1 fully saturated rings. The molecule has 4 rings (SSSR count). The topological polar surface area (TPSA) is 73.0 Å². The van der Waals surface area contributed by atoms with Crippen molar-refractivity contribution in [1.29, 1.82) is 0 Å². The largest absolute Gasteiger partial charge is 0.321 e. The normalized spacial score (nSPS) is 17.5. The van der Waals surface area contributed by atoms with E-state index in [9.17, 15) is 4.79 Å². The summed E-state index contributed by atoms with van der Waals surface area (Å²) in [7, 11) is 0. The van der Waals surface area contributed by atoms with Crippen LogP contribution < -0.4 is 10.6 Å². The Morgan fingerprint density at radius 1 is 1.11 bits per heavy atom. The number of aromatic amines is 1. The summed E-state index contributed by atoms with van der Waals surface area (Å²) in [6, 6.07) is 8.20. The first-order valence-electron chi connectivity index (χ1n) is 9.69. The fraction of sp³-hybridized carbons (Fsp3) is 0.500. The number of hydrogen-bond donors (Lipinski definition) is 3. The molecule has 3 heterocycles. The zero-order chi connectivity index (χ0) is 17.8. The monoisotopic (exact) mass is 389 g/mol. The quantitative estimate of drug-likeness (QED) is 0.751. The number of aromatic nitrogens is 2. The first-order valence-corrected chi connectivity index (χ1v) is 9.69. The number of nitrogens with zero attached hydrogens (tertiary/aromatic N) is 2. The van der Waals surface area contributed by atoms with E-state index in [0.29, 0.717) is 12.2 Å². The van der Waals surface area contributed by atoms with E-state index < -0.39 is 0 Å². The Balaban J connectivity index is 0.00000210. The SMILES string of the molecule is Cl.O=C(Nc1ccc(CN2CCCCCC2)cc1)c1n[nH]c2c1CNCC2. The van der Waals surface area contributed by atoms with Crippen LogP contribution in [0.25, 0.3) is 0 Å². The van der Waals surface area contributed by atoms with E-state index in [0.717, 1.165) is 36.5 Å². The summed E-state index contributed by atoms with van der Waals surface area (Å²) < 4.78 is 0. The van der Waals surface area contributed by atoms with Crippen molar-refractivity contribution < 1.29 is 4.79 Å². The van der Waals surface area contributed by atoms with E-state index in [2.05, 4.69) is 37.9 Å². The van der Waals surface area contributed by atoms with E-state index in [1.807, 2.05) is 12.1 Å². The molecule has 0 aliphatic carbocycles. The number of halogens is 1. The van der Waals surface area contributed by atoms with Crippen molar-refractivity contribution in [1.82, 2.24) is 20.4 Å². The lowest BCUT2D eigenvalue weighted by molar-refractivity contribution is 0.102. The first kappa shape index (κ1) is 19.9. The number of anilines is 1. The minimum atomic E-state index is -0.147. The van der Waals surface area contributed by atoms with Crippen LogP contribution in [0.5, 0.6) is 0 Å². The molecular formula is C20H28ClN5O. The van der Waals surface area contributed by atoms with Gasteiger partial charge in [-0.05, 0) is 43.6 Å². The van der Waals surface area contributed by atoms with Crippen molar-refractivity contribution in [3.8, 4) is 0 Å². The lowest BCUT2D eigenvalue weighted by Gasteiger charge is -2.19. The van der Waals surface area contributed by atoms with Crippen molar-refractivity contribution in [2.75, 3.05) is 25.0 Å². The predicted octanol–water partition coefficient (Wildman–Crippen LogP) is 3.11. The lowest BCUT2D eigenvalue weighted by Crippen LogP contribution is -2.25. The second-order valence-electron chi connectivity index (χ2n) is 7.30. The molecule has 0 unspecified atom stereocenters.